The Morgan fingerprint density at radius 3 is 2.89 bits per heavy atom. The molecule has 0 spiro atoms. The predicted molar refractivity (Wildman–Crippen MR) is 67.7 cm³/mol. The number of hydrogen-bond acceptors (Lipinski definition) is 3. The van der Waals surface area contributed by atoms with Crippen LogP contribution in [0.3, 0.4) is 0 Å². The molecule has 0 bridgehead atoms. The minimum atomic E-state index is -0.287. The van der Waals surface area contributed by atoms with Gasteiger partial charge in [-0.2, -0.15) is 0 Å². The minimum Gasteiger partial charge on any atom is -0.486 e. The molecule has 0 saturated heterocycles. The lowest BCUT2D eigenvalue weighted by Gasteiger charge is -2.26. The molecule has 0 radical (unpaired) electrons. The maximum Gasteiger partial charge on any atom is 0.319 e. The van der Waals surface area contributed by atoms with Crippen LogP contribution in [0.2, 0.25) is 0 Å². The Labute approximate surface area is 106 Å². The Hall–Kier alpha value is -2.17. The molecule has 96 valence electrons. The maximum absolute atomic E-state index is 11.4. The Morgan fingerprint density at radius 2 is 2.17 bits per heavy atom. The molecule has 18 heavy (non-hydrogen) atoms. The molecule has 2 rings (SSSR count). The Balaban J connectivity index is 1.83. The molecule has 2 amide bonds. The van der Waals surface area contributed by atoms with E-state index in [0.717, 1.165) is 5.75 Å². The number of carbonyl (C=O) groups excluding carboxylic acids is 1. The zero-order valence-electron chi connectivity index (χ0n) is 10.2. The van der Waals surface area contributed by atoms with Gasteiger partial charge in [0.15, 0.2) is 17.6 Å². The van der Waals surface area contributed by atoms with E-state index in [1.165, 1.54) is 0 Å². The number of ether oxygens (including phenoxy) is 2. The van der Waals surface area contributed by atoms with Gasteiger partial charge >= 0.3 is 6.03 Å². The normalized spacial score (nSPS) is 16.8. The molecule has 1 aliphatic rings. The first kappa shape index (κ1) is 12.3. The van der Waals surface area contributed by atoms with Crippen molar-refractivity contribution in [1.82, 2.24) is 10.6 Å². The summed E-state index contributed by atoms with van der Waals surface area (Å²) in [5, 5.41) is 5.26. The van der Waals surface area contributed by atoms with Gasteiger partial charge in [-0.15, -0.1) is 0 Å². The smallest absolute Gasteiger partial charge is 0.319 e. The fraction of sp³-hybridized carbons (Fsp3) is 0.308. The number of urea groups is 1. The molecular formula is C13H16N2O3. The largest absolute Gasteiger partial charge is 0.486 e. The van der Waals surface area contributed by atoms with E-state index in [2.05, 4.69) is 17.2 Å². The molecule has 0 saturated carbocycles. The summed E-state index contributed by atoms with van der Waals surface area (Å²) in [5.41, 5.74) is 0.596. The predicted octanol–water partition coefficient (Wildman–Crippen LogP) is 1.66. The second-order valence-corrected chi connectivity index (χ2v) is 4.11. The summed E-state index contributed by atoms with van der Waals surface area (Å²) in [6.07, 6.45) is -0.184. The highest BCUT2D eigenvalue weighted by atomic mass is 16.6. The van der Waals surface area contributed by atoms with Crippen LogP contribution in [0.25, 0.3) is 0 Å². The van der Waals surface area contributed by atoms with Gasteiger partial charge in [-0.1, -0.05) is 18.7 Å². The van der Waals surface area contributed by atoms with E-state index in [1.807, 2.05) is 24.3 Å². The summed E-state index contributed by atoms with van der Waals surface area (Å²) in [4.78, 5) is 11.4. The van der Waals surface area contributed by atoms with Crippen LogP contribution in [0.1, 0.15) is 6.92 Å². The number of benzene rings is 1. The number of nitrogens with one attached hydrogen (secondary N) is 2. The lowest BCUT2D eigenvalue weighted by atomic mass is 10.2. The summed E-state index contributed by atoms with van der Waals surface area (Å²) in [7, 11) is 0. The molecule has 0 aromatic heterocycles. The topological polar surface area (TPSA) is 59.6 Å². The third-order valence-electron chi connectivity index (χ3n) is 2.38. The van der Waals surface area contributed by atoms with Gasteiger partial charge in [0.1, 0.15) is 6.61 Å². The fourth-order valence-electron chi connectivity index (χ4n) is 1.61. The summed E-state index contributed by atoms with van der Waals surface area (Å²) >= 11 is 0. The number of hydrogen-bond donors (Lipinski definition) is 2. The van der Waals surface area contributed by atoms with Gasteiger partial charge < -0.3 is 20.1 Å². The van der Waals surface area contributed by atoms with Crippen molar-refractivity contribution in [2.24, 2.45) is 0 Å². The SMILES string of the molecule is C=C(C)NC(=O)NCC1COc2ccccc2O1. The number of fused-ring (bicyclic) bond motifs is 1. The second-order valence-electron chi connectivity index (χ2n) is 4.11. The molecule has 5 nitrogen and oxygen atoms in total. The van der Waals surface area contributed by atoms with Gasteiger partial charge in [-0.25, -0.2) is 4.79 Å². The number of para-hydroxylation sites is 2. The van der Waals surface area contributed by atoms with Gasteiger partial charge in [0.2, 0.25) is 0 Å². The Kier molecular flexibility index (Phi) is 3.72. The first-order valence-electron chi connectivity index (χ1n) is 5.74. The Morgan fingerprint density at radius 1 is 1.44 bits per heavy atom. The zero-order chi connectivity index (χ0) is 13.0. The molecule has 0 fully saturated rings. The molecule has 0 aliphatic carbocycles. The van der Waals surface area contributed by atoms with Gasteiger partial charge in [-0.3, -0.25) is 0 Å². The van der Waals surface area contributed by atoms with E-state index < -0.39 is 0 Å². The molecular weight excluding hydrogens is 232 g/mol. The number of amides is 2. The Bertz CT molecular complexity index is 459. The lowest BCUT2D eigenvalue weighted by Crippen LogP contribution is -2.43. The highest BCUT2D eigenvalue weighted by molar-refractivity contribution is 5.75. The minimum absolute atomic E-state index is 0.184. The van der Waals surface area contributed by atoms with E-state index in [1.54, 1.807) is 6.92 Å². The van der Waals surface area contributed by atoms with Gasteiger partial charge in [0.05, 0.1) is 6.54 Å². The maximum atomic E-state index is 11.4. The molecule has 2 N–H and O–H groups in total. The summed E-state index contributed by atoms with van der Waals surface area (Å²) in [6.45, 7) is 6.11. The van der Waals surface area contributed by atoms with Crippen LogP contribution in [0.5, 0.6) is 11.5 Å². The summed E-state index contributed by atoms with van der Waals surface area (Å²) < 4.78 is 11.2. The van der Waals surface area contributed by atoms with Gasteiger partial charge in [-0.05, 0) is 19.1 Å². The van der Waals surface area contributed by atoms with Crippen molar-refractivity contribution < 1.29 is 14.3 Å². The van der Waals surface area contributed by atoms with Crippen molar-refractivity contribution >= 4 is 6.03 Å². The first-order valence-corrected chi connectivity index (χ1v) is 5.74. The summed E-state index contributed by atoms with van der Waals surface area (Å²) in [5.74, 6) is 1.44. The van der Waals surface area contributed by atoms with Crippen molar-refractivity contribution in [2.45, 2.75) is 13.0 Å². The number of carbonyl (C=O) groups is 1. The quantitative estimate of drug-likeness (QED) is 0.855. The molecule has 1 aromatic carbocycles. The third kappa shape index (κ3) is 3.16. The van der Waals surface area contributed by atoms with Crippen molar-refractivity contribution in [3.05, 3.63) is 36.5 Å². The van der Waals surface area contributed by atoms with Crippen LogP contribution in [-0.2, 0) is 0 Å². The number of allylic oxidation sites excluding steroid dienone is 1. The molecule has 1 unspecified atom stereocenters. The van der Waals surface area contributed by atoms with Crippen LogP contribution < -0.4 is 20.1 Å². The average molecular weight is 248 g/mol. The van der Waals surface area contributed by atoms with Crippen molar-refractivity contribution in [3.8, 4) is 11.5 Å². The third-order valence-corrected chi connectivity index (χ3v) is 2.38. The monoisotopic (exact) mass is 248 g/mol. The van der Waals surface area contributed by atoms with E-state index in [-0.39, 0.29) is 12.1 Å². The van der Waals surface area contributed by atoms with Crippen LogP contribution in [0.15, 0.2) is 36.5 Å². The highest BCUT2D eigenvalue weighted by Crippen LogP contribution is 2.30. The molecule has 5 heteroatoms. The second kappa shape index (κ2) is 5.44. The van der Waals surface area contributed by atoms with E-state index in [9.17, 15) is 4.79 Å². The van der Waals surface area contributed by atoms with Crippen LogP contribution in [-0.4, -0.2) is 25.3 Å². The van der Waals surface area contributed by atoms with Crippen molar-refractivity contribution in [1.29, 1.82) is 0 Å². The summed E-state index contributed by atoms with van der Waals surface area (Å²) in [6, 6.07) is 7.18. The van der Waals surface area contributed by atoms with E-state index >= 15 is 0 Å². The molecule has 1 heterocycles. The van der Waals surface area contributed by atoms with Gasteiger partial charge in [0, 0.05) is 5.70 Å². The highest BCUT2D eigenvalue weighted by Gasteiger charge is 2.20. The average Bonchev–Trinajstić information content (AvgIpc) is 2.35. The van der Waals surface area contributed by atoms with Crippen molar-refractivity contribution in [3.63, 3.8) is 0 Å². The standard InChI is InChI=1S/C13H16N2O3/c1-9(2)15-13(16)14-7-10-8-17-11-5-3-4-6-12(11)18-10/h3-6,10H,1,7-8H2,2H3,(H2,14,15,16). The number of rotatable bonds is 3. The first-order chi connectivity index (χ1) is 8.65. The molecule has 1 aromatic rings. The van der Waals surface area contributed by atoms with Crippen LogP contribution in [0, 0.1) is 0 Å². The van der Waals surface area contributed by atoms with E-state index in [0.29, 0.717) is 24.6 Å². The van der Waals surface area contributed by atoms with Crippen molar-refractivity contribution in [2.75, 3.05) is 13.2 Å². The lowest BCUT2D eigenvalue weighted by molar-refractivity contribution is 0.0919. The van der Waals surface area contributed by atoms with Crippen LogP contribution in [0.4, 0.5) is 4.79 Å². The zero-order valence-corrected chi connectivity index (χ0v) is 10.2. The van der Waals surface area contributed by atoms with Crippen LogP contribution >= 0.6 is 0 Å². The molecule has 1 atom stereocenters. The van der Waals surface area contributed by atoms with E-state index in [4.69, 9.17) is 9.47 Å². The fourth-order valence-corrected chi connectivity index (χ4v) is 1.61. The molecule has 1 aliphatic heterocycles. The van der Waals surface area contributed by atoms with Gasteiger partial charge in [0.25, 0.3) is 0 Å².